The molecule has 1 atom stereocenters. The molecular weight excluding hydrogens is 226 g/mol. The van der Waals surface area contributed by atoms with Crippen LogP contribution in [0.25, 0.3) is 11.4 Å². The molecule has 3 rings (SSSR count). The van der Waals surface area contributed by atoms with Crippen LogP contribution in [0.15, 0.2) is 24.3 Å². The zero-order valence-electron chi connectivity index (χ0n) is 10.8. The molecule has 0 aliphatic carbocycles. The maximum atomic E-state index is 5.15. The van der Waals surface area contributed by atoms with Gasteiger partial charge in [0.25, 0.3) is 0 Å². The number of aromatic nitrogens is 3. The van der Waals surface area contributed by atoms with E-state index in [9.17, 15) is 0 Å². The summed E-state index contributed by atoms with van der Waals surface area (Å²) in [5, 5.41) is 4.58. The number of benzene rings is 1. The molecule has 0 fully saturated rings. The van der Waals surface area contributed by atoms with Gasteiger partial charge in [0, 0.05) is 18.5 Å². The summed E-state index contributed by atoms with van der Waals surface area (Å²) in [4.78, 5) is 4.64. The second kappa shape index (κ2) is 4.44. The lowest BCUT2D eigenvalue weighted by Gasteiger charge is -2.17. The van der Waals surface area contributed by atoms with Gasteiger partial charge in [0.1, 0.15) is 11.6 Å². The van der Waals surface area contributed by atoms with E-state index in [2.05, 4.69) is 17.0 Å². The van der Waals surface area contributed by atoms with Crippen molar-refractivity contribution in [2.24, 2.45) is 5.92 Å². The molecule has 0 spiro atoms. The van der Waals surface area contributed by atoms with Crippen molar-refractivity contribution in [3.8, 4) is 17.1 Å². The average Bonchev–Trinajstić information content (AvgIpc) is 2.81. The van der Waals surface area contributed by atoms with Crippen molar-refractivity contribution < 1.29 is 4.74 Å². The lowest BCUT2D eigenvalue weighted by atomic mass is 10.0. The second-order valence-electron chi connectivity index (χ2n) is 4.90. The Morgan fingerprint density at radius 2 is 2.06 bits per heavy atom. The number of ether oxygens (including phenoxy) is 1. The van der Waals surface area contributed by atoms with E-state index in [1.807, 2.05) is 28.9 Å². The minimum atomic E-state index is 0.713. The summed E-state index contributed by atoms with van der Waals surface area (Å²) in [5.41, 5.74) is 1.05. The fourth-order valence-corrected chi connectivity index (χ4v) is 2.32. The van der Waals surface area contributed by atoms with Crippen LogP contribution in [-0.4, -0.2) is 21.9 Å². The Kier molecular flexibility index (Phi) is 2.78. The number of hydrogen-bond donors (Lipinski definition) is 0. The topological polar surface area (TPSA) is 39.9 Å². The van der Waals surface area contributed by atoms with Crippen LogP contribution in [0.4, 0.5) is 0 Å². The molecule has 4 nitrogen and oxygen atoms in total. The van der Waals surface area contributed by atoms with Crippen LogP contribution in [0.3, 0.4) is 0 Å². The lowest BCUT2D eigenvalue weighted by molar-refractivity contribution is 0.386. The summed E-state index contributed by atoms with van der Waals surface area (Å²) >= 11 is 0. The van der Waals surface area contributed by atoms with Crippen molar-refractivity contribution in [2.45, 2.75) is 26.3 Å². The molecule has 4 heteroatoms. The third-order valence-electron chi connectivity index (χ3n) is 3.46. The molecule has 0 bridgehead atoms. The molecule has 1 unspecified atom stereocenters. The van der Waals surface area contributed by atoms with Crippen molar-refractivity contribution in [2.75, 3.05) is 7.11 Å². The summed E-state index contributed by atoms with van der Waals surface area (Å²) in [5.74, 6) is 3.50. The molecule has 1 aromatic carbocycles. The molecule has 1 aliphatic heterocycles. The first-order valence-corrected chi connectivity index (χ1v) is 6.34. The predicted molar refractivity (Wildman–Crippen MR) is 69.5 cm³/mol. The van der Waals surface area contributed by atoms with Gasteiger partial charge in [0.15, 0.2) is 5.82 Å². The van der Waals surface area contributed by atoms with Gasteiger partial charge >= 0.3 is 0 Å². The van der Waals surface area contributed by atoms with E-state index in [0.29, 0.717) is 5.92 Å². The monoisotopic (exact) mass is 243 g/mol. The van der Waals surface area contributed by atoms with Crippen LogP contribution in [0.2, 0.25) is 0 Å². The summed E-state index contributed by atoms with van der Waals surface area (Å²) < 4.78 is 7.20. The third-order valence-corrected chi connectivity index (χ3v) is 3.46. The molecule has 18 heavy (non-hydrogen) atoms. The van der Waals surface area contributed by atoms with Crippen LogP contribution < -0.4 is 4.74 Å². The SMILES string of the molecule is COc1ccc(-c2nc3n(n2)CCC(C)C3)cc1. The maximum Gasteiger partial charge on any atom is 0.181 e. The smallest absolute Gasteiger partial charge is 0.181 e. The highest BCUT2D eigenvalue weighted by Gasteiger charge is 2.19. The molecule has 1 aliphatic rings. The van der Waals surface area contributed by atoms with Gasteiger partial charge in [-0.25, -0.2) is 9.67 Å². The van der Waals surface area contributed by atoms with Crippen LogP contribution in [0, 0.1) is 5.92 Å². The molecule has 94 valence electrons. The van der Waals surface area contributed by atoms with Crippen LogP contribution in [0.5, 0.6) is 5.75 Å². The van der Waals surface area contributed by atoms with Crippen molar-refractivity contribution in [1.82, 2.24) is 14.8 Å². The van der Waals surface area contributed by atoms with Crippen molar-refractivity contribution in [3.63, 3.8) is 0 Å². The van der Waals surface area contributed by atoms with E-state index in [0.717, 1.165) is 35.9 Å². The molecule has 0 radical (unpaired) electrons. The van der Waals surface area contributed by atoms with E-state index >= 15 is 0 Å². The summed E-state index contributed by atoms with van der Waals surface area (Å²) in [6.07, 6.45) is 2.22. The van der Waals surface area contributed by atoms with Gasteiger partial charge in [-0.1, -0.05) is 6.92 Å². The molecule has 1 aromatic heterocycles. The van der Waals surface area contributed by atoms with Gasteiger partial charge in [-0.05, 0) is 36.6 Å². The molecular formula is C14H17N3O. The molecule has 0 saturated heterocycles. The Morgan fingerprint density at radius 3 is 2.78 bits per heavy atom. The molecule has 2 aromatic rings. The number of hydrogen-bond acceptors (Lipinski definition) is 3. The summed E-state index contributed by atoms with van der Waals surface area (Å²) in [7, 11) is 1.67. The minimum Gasteiger partial charge on any atom is -0.497 e. The number of nitrogens with zero attached hydrogens (tertiary/aromatic N) is 3. The van der Waals surface area contributed by atoms with Crippen LogP contribution >= 0.6 is 0 Å². The first kappa shape index (κ1) is 11.3. The zero-order chi connectivity index (χ0) is 12.5. The Bertz CT molecular complexity index is 545. The lowest BCUT2D eigenvalue weighted by Crippen LogP contribution is -2.18. The average molecular weight is 243 g/mol. The number of rotatable bonds is 2. The normalized spacial score (nSPS) is 18.4. The van der Waals surface area contributed by atoms with Gasteiger partial charge in [-0.15, -0.1) is 0 Å². The minimum absolute atomic E-state index is 0.713. The second-order valence-corrected chi connectivity index (χ2v) is 4.90. The van der Waals surface area contributed by atoms with Gasteiger partial charge in [-0.2, -0.15) is 5.10 Å². The van der Waals surface area contributed by atoms with Crippen molar-refractivity contribution in [3.05, 3.63) is 30.1 Å². The fourth-order valence-electron chi connectivity index (χ4n) is 2.32. The Labute approximate surface area is 107 Å². The van der Waals surface area contributed by atoms with Gasteiger partial charge in [0.05, 0.1) is 7.11 Å². The first-order chi connectivity index (χ1) is 8.76. The Hall–Kier alpha value is -1.84. The van der Waals surface area contributed by atoms with E-state index in [4.69, 9.17) is 4.74 Å². The first-order valence-electron chi connectivity index (χ1n) is 6.34. The number of methoxy groups -OCH3 is 1. The van der Waals surface area contributed by atoms with E-state index in [-0.39, 0.29) is 0 Å². The Balaban J connectivity index is 1.92. The highest BCUT2D eigenvalue weighted by molar-refractivity contribution is 5.55. The van der Waals surface area contributed by atoms with Gasteiger partial charge in [0.2, 0.25) is 0 Å². The Morgan fingerprint density at radius 1 is 1.28 bits per heavy atom. The summed E-state index contributed by atoms with van der Waals surface area (Å²) in [6, 6.07) is 7.89. The standard InChI is InChI=1S/C14H17N3O/c1-10-7-8-17-13(9-10)15-14(16-17)11-3-5-12(18-2)6-4-11/h3-6,10H,7-9H2,1-2H3. The van der Waals surface area contributed by atoms with Crippen molar-refractivity contribution in [1.29, 1.82) is 0 Å². The highest BCUT2D eigenvalue weighted by Crippen LogP contribution is 2.23. The fraction of sp³-hybridized carbons (Fsp3) is 0.429. The van der Waals surface area contributed by atoms with Crippen molar-refractivity contribution >= 4 is 0 Å². The van der Waals surface area contributed by atoms with Crippen LogP contribution in [-0.2, 0) is 13.0 Å². The molecule has 0 amide bonds. The number of aryl methyl sites for hydroxylation is 1. The maximum absolute atomic E-state index is 5.15. The zero-order valence-corrected chi connectivity index (χ0v) is 10.8. The molecule has 0 saturated carbocycles. The van der Waals surface area contributed by atoms with E-state index in [1.165, 1.54) is 6.42 Å². The predicted octanol–water partition coefficient (Wildman–Crippen LogP) is 2.54. The highest BCUT2D eigenvalue weighted by atomic mass is 16.5. The largest absolute Gasteiger partial charge is 0.497 e. The van der Waals surface area contributed by atoms with E-state index < -0.39 is 0 Å². The molecule has 2 heterocycles. The van der Waals surface area contributed by atoms with Gasteiger partial charge < -0.3 is 4.74 Å². The molecule has 0 N–H and O–H groups in total. The summed E-state index contributed by atoms with van der Waals surface area (Å²) in [6.45, 7) is 3.25. The third kappa shape index (κ3) is 1.98. The quantitative estimate of drug-likeness (QED) is 0.813. The van der Waals surface area contributed by atoms with Gasteiger partial charge in [-0.3, -0.25) is 0 Å². The number of fused-ring (bicyclic) bond motifs is 1. The van der Waals surface area contributed by atoms with E-state index in [1.54, 1.807) is 7.11 Å². The van der Waals surface area contributed by atoms with Crippen LogP contribution in [0.1, 0.15) is 19.2 Å².